The van der Waals surface area contributed by atoms with Gasteiger partial charge in [-0.1, -0.05) is 96.8 Å². The van der Waals surface area contributed by atoms with Gasteiger partial charge in [-0.15, -0.1) is 0 Å². The van der Waals surface area contributed by atoms with Crippen molar-refractivity contribution in [1.29, 1.82) is 0 Å². The van der Waals surface area contributed by atoms with Crippen LogP contribution >= 0.6 is 15.2 Å². The minimum absolute atomic E-state index is 0.0547. The second-order valence-electron chi connectivity index (χ2n) is 8.98. The van der Waals surface area contributed by atoms with Crippen molar-refractivity contribution in [3.63, 3.8) is 0 Å². The van der Waals surface area contributed by atoms with Crippen molar-refractivity contribution in [3.8, 4) is 0 Å². The van der Waals surface area contributed by atoms with E-state index in [1.54, 1.807) is 0 Å². The van der Waals surface area contributed by atoms with Crippen molar-refractivity contribution in [2.45, 2.75) is 110 Å². The third kappa shape index (κ3) is 34.1. The Kier molecular flexibility index (Phi) is 18.9. The average Bonchev–Trinajstić information content (AvgIpc) is 2.51. The zero-order valence-electron chi connectivity index (χ0n) is 18.6. The smallest absolute Gasteiger partial charge is 0.324 e. The fourth-order valence-corrected chi connectivity index (χ4v) is 5.36. The van der Waals surface area contributed by atoms with Crippen molar-refractivity contribution in [3.05, 3.63) is 0 Å². The van der Waals surface area contributed by atoms with Crippen LogP contribution in [0.25, 0.3) is 0 Å². The summed E-state index contributed by atoms with van der Waals surface area (Å²) < 4.78 is 21.0. The van der Waals surface area contributed by atoms with E-state index in [0.717, 1.165) is 25.7 Å². The Hall–Kier alpha value is 0.517. The Balaban J connectivity index is 0. The van der Waals surface area contributed by atoms with Gasteiger partial charge >= 0.3 is 15.2 Å². The molecule has 0 aliphatic heterocycles. The van der Waals surface area contributed by atoms with Crippen LogP contribution in [0.4, 0.5) is 0 Å². The maximum Gasteiger partial charge on any atom is 0.325 e. The van der Waals surface area contributed by atoms with Gasteiger partial charge in [0.25, 0.3) is 0 Å². The van der Waals surface area contributed by atoms with Crippen LogP contribution in [-0.2, 0) is 9.13 Å². The molecule has 0 saturated carbocycles. The Morgan fingerprint density at radius 1 is 0.571 bits per heavy atom. The largest absolute Gasteiger partial charge is 0.325 e. The quantitative estimate of drug-likeness (QED) is 0.121. The van der Waals surface area contributed by atoms with Crippen molar-refractivity contribution in [2.24, 2.45) is 0 Å². The highest BCUT2D eigenvalue weighted by molar-refractivity contribution is 7.52. The van der Waals surface area contributed by atoms with Crippen molar-refractivity contribution < 1.29 is 28.7 Å². The normalized spacial score (nSPS) is 12.6. The molecule has 0 atom stereocenters. The molecule has 0 radical (unpaired) electrons. The number of hydrogen-bond acceptors (Lipinski definition) is 2. The lowest BCUT2D eigenvalue weighted by Crippen LogP contribution is -2.18. The summed E-state index contributed by atoms with van der Waals surface area (Å²) in [6.45, 7) is 9.34. The van der Waals surface area contributed by atoms with E-state index in [1.165, 1.54) is 44.6 Å². The first-order valence-electron chi connectivity index (χ1n) is 10.9. The third-order valence-electron chi connectivity index (χ3n) is 4.43. The van der Waals surface area contributed by atoms with Crippen LogP contribution in [0, 0.1) is 0 Å². The van der Waals surface area contributed by atoms with E-state index in [0.29, 0.717) is 12.8 Å². The predicted octanol–water partition coefficient (Wildman–Crippen LogP) is 6.37. The summed E-state index contributed by atoms with van der Waals surface area (Å²) in [4.78, 5) is 34.4. The fraction of sp³-hybridized carbons (Fsp3) is 1.00. The highest BCUT2D eigenvalue weighted by Crippen LogP contribution is 2.36. The SMILES string of the molecule is CCCCCCCCP(=O)(O)O.C[Si](C)(C)CCCCCCCCP(=O)(O)O. The Bertz CT molecular complexity index is 442. The summed E-state index contributed by atoms with van der Waals surface area (Å²) in [5.74, 6) is 0. The Labute approximate surface area is 174 Å². The van der Waals surface area contributed by atoms with Gasteiger partial charge in [-0.25, -0.2) is 0 Å². The first-order chi connectivity index (χ1) is 12.8. The minimum Gasteiger partial charge on any atom is -0.324 e. The van der Waals surface area contributed by atoms with Crippen LogP contribution in [0.2, 0.25) is 25.7 Å². The molecule has 0 aliphatic carbocycles. The first-order valence-corrected chi connectivity index (χ1v) is 18.2. The van der Waals surface area contributed by atoms with Gasteiger partial charge < -0.3 is 19.6 Å². The number of rotatable bonds is 16. The molecule has 9 heteroatoms. The van der Waals surface area contributed by atoms with Crippen LogP contribution in [0.3, 0.4) is 0 Å². The van der Waals surface area contributed by atoms with E-state index in [-0.39, 0.29) is 12.3 Å². The molecule has 6 nitrogen and oxygen atoms in total. The molecule has 0 fully saturated rings. The zero-order chi connectivity index (χ0) is 22.1. The number of unbranched alkanes of at least 4 members (excludes halogenated alkanes) is 10. The van der Waals surface area contributed by atoms with E-state index >= 15 is 0 Å². The molecule has 0 rings (SSSR count). The third-order valence-corrected chi connectivity index (χ3v) is 8.08. The monoisotopic (exact) mass is 460 g/mol. The first kappa shape index (κ1) is 30.7. The second-order valence-corrected chi connectivity index (χ2v) is 18.2. The maximum absolute atomic E-state index is 10.6. The second kappa shape index (κ2) is 17.2. The molecule has 0 aliphatic rings. The van der Waals surface area contributed by atoms with Gasteiger partial charge in [0.05, 0.1) is 0 Å². The fourth-order valence-electron chi connectivity index (χ4n) is 2.78. The molecule has 172 valence electrons. The molecule has 0 aromatic heterocycles. The Morgan fingerprint density at radius 2 is 0.893 bits per heavy atom. The molecular formula is C19H46O6P2Si. The maximum atomic E-state index is 10.6. The lowest BCUT2D eigenvalue weighted by atomic mass is 10.1. The summed E-state index contributed by atoms with van der Waals surface area (Å²) in [7, 11) is -8.33. The lowest BCUT2D eigenvalue weighted by molar-refractivity contribution is 0.368. The molecule has 0 unspecified atom stereocenters. The topological polar surface area (TPSA) is 115 Å². The molecule has 0 heterocycles. The van der Waals surface area contributed by atoms with Crippen LogP contribution in [-0.4, -0.2) is 40.0 Å². The van der Waals surface area contributed by atoms with E-state index in [2.05, 4.69) is 26.6 Å². The van der Waals surface area contributed by atoms with Crippen molar-refractivity contribution in [1.82, 2.24) is 0 Å². The molecular weight excluding hydrogens is 414 g/mol. The zero-order valence-corrected chi connectivity index (χ0v) is 21.4. The standard InChI is InChI=1S/C11H27O3PSi.C8H19O3P/c1-16(2,3)11-9-7-5-4-6-8-10-15(12,13)14;1-2-3-4-5-6-7-8-12(9,10)11/h4-11H2,1-3H3,(H2,12,13,14);2-8H2,1H3,(H2,9,10,11). The summed E-state index contributed by atoms with van der Waals surface area (Å²) in [5, 5.41) is 0. The Morgan fingerprint density at radius 3 is 1.21 bits per heavy atom. The summed E-state index contributed by atoms with van der Waals surface area (Å²) in [6.07, 6.45) is 13.0. The highest BCUT2D eigenvalue weighted by Gasteiger charge is 2.12. The van der Waals surface area contributed by atoms with Crippen molar-refractivity contribution >= 4 is 23.3 Å². The molecule has 4 N–H and O–H groups in total. The van der Waals surface area contributed by atoms with E-state index < -0.39 is 23.3 Å². The summed E-state index contributed by atoms with van der Waals surface area (Å²) in [5.41, 5.74) is 0. The molecule has 0 spiro atoms. The van der Waals surface area contributed by atoms with Gasteiger partial charge in [-0.05, 0) is 12.8 Å². The average molecular weight is 461 g/mol. The minimum atomic E-state index is -3.74. The lowest BCUT2D eigenvalue weighted by Gasteiger charge is -2.14. The molecule has 0 saturated heterocycles. The van der Waals surface area contributed by atoms with Gasteiger partial charge in [0, 0.05) is 20.4 Å². The molecule has 0 aromatic rings. The molecule has 0 bridgehead atoms. The van der Waals surface area contributed by atoms with Gasteiger partial charge in [0.2, 0.25) is 0 Å². The predicted molar refractivity (Wildman–Crippen MR) is 123 cm³/mol. The molecule has 0 amide bonds. The molecule has 28 heavy (non-hydrogen) atoms. The van der Waals surface area contributed by atoms with Crippen LogP contribution < -0.4 is 0 Å². The van der Waals surface area contributed by atoms with E-state index in [9.17, 15) is 9.13 Å². The highest BCUT2D eigenvalue weighted by atomic mass is 31.2. The van der Waals surface area contributed by atoms with E-state index in [1.807, 2.05) is 0 Å². The number of hydrogen-bond donors (Lipinski definition) is 4. The van der Waals surface area contributed by atoms with Gasteiger partial charge in [0.15, 0.2) is 0 Å². The van der Waals surface area contributed by atoms with Gasteiger partial charge in [-0.2, -0.15) is 0 Å². The van der Waals surface area contributed by atoms with Crippen LogP contribution in [0.15, 0.2) is 0 Å². The van der Waals surface area contributed by atoms with Gasteiger partial charge in [0.1, 0.15) is 0 Å². The van der Waals surface area contributed by atoms with Crippen molar-refractivity contribution in [2.75, 3.05) is 12.3 Å². The van der Waals surface area contributed by atoms with E-state index in [4.69, 9.17) is 19.6 Å². The van der Waals surface area contributed by atoms with Gasteiger partial charge in [-0.3, -0.25) is 9.13 Å². The van der Waals surface area contributed by atoms with Crippen LogP contribution in [0.1, 0.15) is 84.0 Å². The summed E-state index contributed by atoms with van der Waals surface area (Å²) in [6, 6.07) is 1.40. The molecule has 0 aromatic carbocycles. The van der Waals surface area contributed by atoms with Crippen LogP contribution in [0.5, 0.6) is 0 Å². The summed E-state index contributed by atoms with van der Waals surface area (Å²) >= 11 is 0.